The number of carbonyl (C=O) groups is 2. The number of hydrogen-bond donors (Lipinski definition) is 2. The van der Waals surface area contributed by atoms with Crippen molar-refractivity contribution in [3.63, 3.8) is 0 Å². The lowest BCUT2D eigenvalue weighted by Gasteiger charge is -2.20. The van der Waals surface area contributed by atoms with E-state index in [1.54, 1.807) is 37.3 Å². The van der Waals surface area contributed by atoms with Gasteiger partial charge in [-0.3, -0.25) is 9.59 Å². The molecule has 0 heterocycles. The number of nitrogens with one attached hydrogen (secondary N) is 2. The summed E-state index contributed by atoms with van der Waals surface area (Å²) in [6, 6.07) is 19.5. The number of hydrogen-bond acceptors (Lipinski definition) is 2. The second-order valence-electron chi connectivity index (χ2n) is 6.63. The van der Waals surface area contributed by atoms with Crippen LogP contribution in [0.2, 0.25) is 5.02 Å². The van der Waals surface area contributed by atoms with Crippen LogP contribution >= 0.6 is 11.6 Å². The van der Waals surface area contributed by atoms with E-state index < -0.39 is 11.9 Å². The van der Waals surface area contributed by atoms with Gasteiger partial charge >= 0.3 is 0 Å². The van der Waals surface area contributed by atoms with Crippen molar-refractivity contribution in [2.75, 3.05) is 5.32 Å². The molecule has 3 aromatic carbocycles. The first-order valence-corrected chi connectivity index (χ1v) is 9.48. The zero-order chi connectivity index (χ0) is 20.8. The van der Waals surface area contributed by atoms with Crippen molar-refractivity contribution in [1.82, 2.24) is 5.32 Å². The Labute approximate surface area is 173 Å². The topological polar surface area (TPSA) is 58.2 Å². The van der Waals surface area contributed by atoms with Crippen LogP contribution in [0, 0.1) is 12.7 Å². The van der Waals surface area contributed by atoms with Gasteiger partial charge in [0.1, 0.15) is 5.82 Å². The Hall–Kier alpha value is -3.18. The minimum atomic E-state index is -0.575. The molecule has 0 bridgehead atoms. The second-order valence-corrected chi connectivity index (χ2v) is 7.04. The summed E-state index contributed by atoms with van der Waals surface area (Å²) < 4.78 is 13.5. The molecular formula is C23H20ClFN2O2. The fraction of sp³-hybridized carbons (Fsp3) is 0.130. The summed E-state index contributed by atoms with van der Waals surface area (Å²) in [7, 11) is 0. The predicted molar refractivity (Wildman–Crippen MR) is 112 cm³/mol. The summed E-state index contributed by atoms with van der Waals surface area (Å²) in [5, 5.41) is 5.92. The third kappa shape index (κ3) is 5.42. The number of anilines is 1. The second kappa shape index (κ2) is 9.34. The molecule has 3 aromatic rings. The van der Waals surface area contributed by atoms with Crippen LogP contribution in [0.25, 0.3) is 0 Å². The summed E-state index contributed by atoms with van der Waals surface area (Å²) >= 11 is 6.12. The zero-order valence-electron chi connectivity index (χ0n) is 15.8. The first kappa shape index (κ1) is 20.6. The van der Waals surface area contributed by atoms with E-state index in [-0.39, 0.29) is 18.2 Å². The molecule has 6 heteroatoms. The molecule has 0 aromatic heterocycles. The number of benzene rings is 3. The Morgan fingerprint density at radius 3 is 2.41 bits per heavy atom. The van der Waals surface area contributed by atoms with Gasteiger partial charge in [0.05, 0.1) is 23.0 Å². The van der Waals surface area contributed by atoms with Crippen LogP contribution < -0.4 is 10.6 Å². The molecule has 2 N–H and O–H groups in total. The number of amides is 2. The molecule has 0 spiro atoms. The van der Waals surface area contributed by atoms with Gasteiger partial charge in [0, 0.05) is 5.69 Å². The van der Waals surface area contributed by atoms with Gasteiger partial charge in [-0.1, -0.05) is 60.1 Å². The number of halogens is 2. The third-order valence-electron chi connectivity index (χ3n) is 4.49. The smallest absolute Gasteiger partial charge is 0.253 e. The van der Waals surface area contributed by atoms with E-state index in [1.807, 2.05) is 30.3 Å². The van der Waals surface area contributed by atoms with Crippen molar-refractivity contribution in [1.29, 1.82) is 0 Å². The maximum atomic E-state index is 13.5. The molecule has 0 aliphatic heterocycles. The highest BCUT2D eigenvalue weighted by Crippen LogP contribution is 2.22. The molecule has 1 atom stereocenters. The predicted octanol–water partition coefficient (Wildman–Crippen LogP) is 5.29. The van der Waals surface area contributed by atoms with Crippen molar-refractivity contribution in [2.24, 2.45) is 0 Å². The van der Waals surface area contributed by atoms with Gasteiger partial charge in [0.25, 0.3) is 5.91 Å². The Morgan fingerprint density at radius 1 is 1.00 bits per heavy atom. The molecule has 0 aliphatic carbocycles. The largest absolute Gasteiger partial charge is 0.345 e. The highest BCUT2D eigenvalue weighted by atomic mass is 35.5. The van der Waals surface area contributed by atoms with Crippen LogP contribution in [-0.4, -0.2) is 11.8 Å². The monoisotopic (exact) mass is 410 g/mol. The van der Waals surface area contributed by atoms with E-state index in [2.05, 4.69) is 10.6 Å². The first-order valence-electron chi connectivity index (χ1n) is 9.10. The van der Waals surface area contributed by atoms with Crippen molar-refractivity contribution in [2.45, 2.75) is 19.4 Å². The molecule has 148 valence electrons. The Kier molecular flexibility index (Phi) is 6.62. The van der Waals surface area contributed by atoms with Crippen LogP contribution in [0.15, 0.2) is 72.8 Å². The molecular weight excluding hydrogens is 391 g/mol. The van der Waals surface area contributed by atoms with Crippen LogP contribution in [-0.2, 0) is 4.79 Å². The molecule has 4 nitrogen and oxygen atoms in total. The molecule has 3 rings (SSSR count). The maximum Gasteiger partial charge on any atom is 0.253 e. The van der Waals surface area contributed by atoms with Gasteiger partial charge in [0.2, 0.25) is 5.91 Å². The van der Waals surface area contributed by atoms with Gasteiger partial charge in [-0.15, -0.1) is 0 Å². The fourth-order valence-corrected chi connectivity index (χ4v) is 3.16. The minimum Gasteiger partial charge on any atom is -0.345 e. The summed E-state index contributed by atoms with van der Waals surface area (Å²) in [4.78, 5) is 25.3. The summed E-state index contributed by atoms with van der Waals surface area (Å²) in [6.45, 7) is 1.78. The van der Waals surface area contributed by atoms with Crippen molar-refractivity contribution >= 4 is 29.1 Å². The Balaban J connectivity index is 1.79. The summed E-state index contributed by atoms with van der Waals surface area (Å²) in [5.74, 6) is -1.15. The lowest BCUT2D eigenvalue weighted by molar-refractivity contribution is -0.116. The van der Waals surface area contributed by atoms with Crippen LogP contribution in [0.3, 0.4) is 0 Å². The third-order valence-corrected chi connectivity index (χ3v) is 4.82. The number of aryl methyl sites for hydroxylation is 1. The molecule has 0 radical (unpaired) electrons. The standard InChI is InChI=1S/C23H20ClFN2O2/c1-15-11-12-17(25)13-20(15)26-22(28)14-21(16-7-3-2-4-8-16)27-23(29)18-9-5-6-10-19(18)24/h2-13,21H,14H2,1H3,(H,26,28)(H,27,29)/t21-/m0/s1. The first-order chi connectivity index (χ1) is 13.9. The average molecular weight is 411 g/mol. The molecule has 0 saturated heterocycles. The molecule has 0 aliphatic rings. The van der Waals surface area contributed by atoms with E-state index >= 15 is 0 Å². The van der Waals surface area contributed by atoms with Gasteiger partial charge in [0.15, 0.2) is 0 Å². The SMILES string of the molecule is Cc1ccc(F)cc1NC(=O)C[C@H](NC(=O)c1ccccc1Cl)c1ccccc1. The molecule has 29 heavy (non-hydrogen) atoms. The molecule has 2 amide bonds. The van der Waals surface area contributed by atoms with Crippen LogP contribution in [0.4, 0.5) is 10.1 Å². The van der Waals surface area contributed by atoms with Gasteiger partial charge < -0.3 is 10.6 Å². The molecule has 0 fully saturated rings. The van der Waals surface area contributed by atoms with E-state index in [1.165, 1.54) is 12.1 Å². The van der Waals surface area contributed by atoms with Crippen LogP contribution in [0.1, 0.15) is 33.9 Å². The molecule has 0 unspecified atom stereocenters. The van der Waals surface area contributed by atoms with E-state index in [0.29, 0.717) is 16.3 Å². The van der Waals surface area contributed by atoms with Crippen LogP contribution in [0.5, 0.6) is 0 Å². The number of rotatable bonds is 6. The summed E-state index contributed by atoms with van der Waals surface area (Å²) in [5.41, 5.74) is 2.26. The minimum absolute atomic E-state index is 0.0177. The van der Waals surface area contributed by atoms with E-state index in [4.69, 9.17) is 11.6 Å². The van der Waals surface area contributed by atoms with Gasteiger partial charge in [-0.2, -0.15) is 0 Å². The van der Waals surface area contributed by atoms with Gasteiger partial charge in [-0.25, -0.2) is 4.39 Å². The highest BCUT2D eigenvalue weighted by molar-refractivity contribution is 6.33. The Bertz CT molecular complexity index is 1020. The highest BCUT2D eigenvalue weighted by Gasteiger charge is 2.21. The van der Waals surface area contributed by atoms with E-state index in [9.17, 15) is 14.0 Å². The fourth-order valence-electron chi connectivity index (χ4n) is 2.93. The Morgan fingerprint density at radius 2 is 1.69 bits per heavy atom. The van der Waals surface area contributed by atoms with E-state index in [0.717, 1.165) is 11.1 Å². The maximum absolute atomic E-state index is 13.5. The van der Waals surface area contributed by atoms with Gasteiger partial charge in [-0.05, 0) is 42.3 Å². The van der Waals surface area contributed by atoms with Crippen molar-refractivity contribution in [3.05, 3.63) is 100 Å². The molecule has 0 saturated carbocycles. The quantitative estimate of drug-likeness (QED) is 0.580. The normalized spacial score (nSPS) is 11.6. The lowest BCUT2D eigenvalue weighted by Crippen LogP contribution is -2.31. The average Bonchev–Trinajstić information content (AvgIpc) is 2.71. The zero-order valence-corrected chi connectivity index (χ0v) is 16.5. The number of carbonyl (C=O) groups excluding carboxylic acids is 2. The van der Waals surface area contributed by atoms with Crippen molar-refractivity contribution in [3.8, 4) is 0 Å². The summed E-state index contributed by atoms with van der Waals surface area (Å²) in [6.07, 6.45) is -0.0177. The van der Waals surface area contributed by atoms with Crippen molar-refractivity contribution < 1.29 is 14.0 Å². The lowest BCUT2D eigenvalue weighted by atomic mass is 10.0.